The second-order valence-electron chi connectivity index (χ2n) is 4.84. The molecule has 0 saturated carbocycles. The molecule has 108 valence electrons. The van der Waals surface area contributed by atoms with E-state index in [4.69, 9.17) is 0 Å². The third-order valence-corrected chi connectivity index (χ3v) is 2.69. The molecule has 0 N–H and O–H groups in total. The molecule has 6 heteroatoms. The van der Waals surface area contributed by atoms with E-state index in [1.807, 2.05) is 13.0 Å². The molecule has 0 bridgehead atoms. The van der Waals surface area contributed by atoms with Gasteiger partial charge in [-0.05, 0) is 18.6 Å². The van der Waals surface area contributed by atoms with Crippen molar-refractivity contribution in [3.63, 3.8) is 0 Å². The summed E-state index contributed by atoms with van der Waals surface area (Å²) >= 11 is 0. The van der Waals surface area contributed by atoms with E-state index in [1.54, 1.807) is 37.6 Å². The van der Waals surface area contributed by atoms with Gasteiger partial charge in [-0.15, -0.1) is 0 Å². The number of carbonyl (C=O) groups excluding carboxylic acids is 1. The maximum absolute atomic E-state index is 12.0. The van der Waals surface area contributed by atoms with Gasteiger partial charge in [0.25, 0.3) is 0 Å². The average molecular weight is 284 g/mol. The van der Waals surface area contributed by atoms with Crippen molar-refractivity contribution in [1.29, 1.82) is 0 Å². The van der Waals surface area contributed by atoms with Crippen LogP contribution in [0.1, 0.15) is 16.1 Å². The Morgan fingerprint density at radius 3 is 2.76 bits per heavy atom. The summed E-state index contributed by atoms with van der Waals surface area (Å²) in [4.78, 5) is 29.6. The van der Waals surface area contributed by atoms with Gasteiger partial charge in [0.1, 0.15) is 0 Å². The van der Waals surface area contributed by atoms with Crippen molar-refractivity contribution in [2.45, 2.75) is 6.92 Å². The van der Waals surface area contributed by atoms with Gasteiger partial charge in [0.05, 0.1) is 11.9 Å². The summed E-state index contributed by atoms with van der Waals surface area (Å²) in [5.41, 5.74) is 1.14. The molecule has 2 aromatic rings. The van der Waals surface area contributed by atoms with Gasteiger partial charge >= 0.3 is 0 Å². The standard InChI is InChI=1S/C15H16N4O2/c1-11-8-12(10-16-9-11)19-7-5-14(21)15(17-19)13(20)4-6-18(2)3/h4-10H,1-3H3/b6-4+. The van der Waals surface area contributed by atoms with E-state index in [0.29, 0.717) is 5.69 Å². The molecule has 0 atom stereocenters. The molecule has 2 rings (SSSR count). The summed E-state index contributed by atoms with van der Waals surface area (Å²) < 4.78 is 1.47. The number of carbonyl (C=O) groups is 1. The normalized spacial score (nSPS) is 10.8. The van der Waals surface area contributed by atoms with Gasteiger partial charge in [0.2, 0.25) is 11.2 Å². The molecule has 0 fully saturated rings. The zero-order valence-electron chi connectivity index (χ0n) is 12.1. The summed E-state index contributed by atoms with van der Waals surface area (Å²) in [6.45, 7) is 1.91. The summed E-state index contributed by atoms with van der Waals surface area (Å²) in [6, 6.07) is 3.19. The zero-order valence-corrected chi connectivity index (χ0v) is 12.1. The fourth-order valence-electron chi connectivity index (χ4n) is 1.68. The minimum Gasteiger partial charge on any atom is -0.383 e. The molecule has 0 aliphatic rings. The lowest BCUT2D eigenvalue weighted by molar-refractivity contribution is 0.103. The Morgan fingerprint density at radius 2 is 2.10 bits per heavy atom. The Morgan fingerprint density at radius 1 is 1.33 bits per heavy atom. The molecule has 0 aromatic carbocycles. The Bertz CT molecular complexity index is 747. The molecular formula is C15H16N4O2. The Balaban J connectivity index is 2.42. The van der Waals surface area contributed by atoms with E-state index < -0.39 is 11.2 Å². The van der Waals surface area contributed by atoms with Crippen LogP contribution in [0.5, 0.6) is 0 Å². The number of aryl methyl sites for hydroxylation is 1. The molecule has 21 heavy (non-hydrogen) atoms. The molecule has 2 heterocycles. The van der Waals surface area contributed by atoms with Crippen molar-refractivity contribution in [2.24, 2.45) is 0 Å². The van der Waals surface area contributed by atoms with Crippen molar-refractivity contribution in [3.8, 4) is 5.69 Å². The van der Waals surface area contributed by atoms with Gasteiger partial charge in [-0.1, -0.05) is 0 Å². The predicted octanol–water partition coefficient (Wildman–Crippen LogP) is 1.19. The average Bonchev–Trinajstić information content (AvgIpc) is 2.45. The van der Waals surface area contributed by atoms with Crippen LogP contribution < -0.4 is 5.43 Å². The van der Waals surface area contributed by atoms with Crippen molar-refractivity contribution < 1.29 is 4.79 Å². The number of nitrogens with zero attached hydrogens (tertiary/aromatic N) is 4. The number of rotatable bonds is 4. The summed E-state index contributed by atoms with van der Waals surface area (Å²) in [5, 5.41) is 4.11. The first-order chi connectivity index (χ1) is 9.97. The van der Waals surface area contributed by atoms with Crippen LogP contribution in [0.15, 0.2) is 47.8 Å². The number of ketones is 1. The number of pyridine rings is 1. The Labute approximate surface area is 122 Å². The van der Waals surface area contributed by atoms with Crippen molar-refractivity contribution in [2.75, 3.05) is 14.1 Å². The van der Waals surface area contributed by atoms with Gasteiger partial charge in [0.15, 0.2) is 5.69 Å². The molecule has 0 aliphatic carbocycles. The molecule has 2 aromatic heterocycles. The predicted molar refractivity (Wildman–Crippen MR) is 79.5 cm³/mol. The van der Waals surface area contributed by atoms with Crippen LogP contribution >= 0.6 is 0 Å². The van der Waals surface area contributed by atoms with E-state index in [0.717, 1.165) is 5.56 Å². The first kappa shape index (κ1) is 14.6. The highest BCUT2D eigenvalue weighted by atomic mass is 16.1. The minimum atomic E-state index is -0.427. The second-order valence-corrected chi connectivity index (χ2v) is 4.84. The highest BCUT2D eigenvalue weighted by Gasteiger charge is 2.10. The fraction of sp³-hybridized carbons (Fsp3) is 0.200. The monoisotopic (exact) mass is 284 g/mol. The lowest BCUT2D eigenvalue weighted by atomic mass is 10.2. The van der Waals surface area contributed by atoms with Gasteiger partial charge in [0, 0.05) is 44.8 Å². The molecule has 0 radical (unpaired) electrons. The van der Waals surface area contributed by atoms with Crippen LogP contribution in [0.25, 0.3) is 5.69 Å². The molecule has 0 amide bonds. The smallest absolute Gasteiger partial charge is 0.211 e. The van der Waals surface area contributed by atoms with E-state index in [1.165, 1.54) is 23.0 Å². The first-order valence-electron chi connectivity index (χ1n) is 6.38. The van der Waals surface area contributed by atoms with Crippen LogP contribution in [-0.2, 0) is 0 Å². The number of hydrogen-bond acceptors (Lipinski definition) is 5. The Hall–Kier alpha value is -2.76. The number of allylic oxidation sites excluding steroid dienone is 1. The lowest BCUT2D eigenvalue weighted by Crippen LogP contribution is -2.20. The van der Waals surface area contributed by atoms with Crippen LogP contribution in [0.4, 0.5) is 0 Å². The molecule has 0 aliphatic heterocycles. The second kappa shape index (κ2) is 6.13. The van der Waals surface area contributed by atoms with Crippen LogP contribution in [0.2, 0.25) is 0 Å². The molecule has 0 spiro atoms. The van der Waals surface area contributed by atoms with Crippen LogP contribution in [-0.4, -0.2) is 39.5 Å². The van der Waals surface area contributed by atoms with Crippen LogP contribution in [0, 0.1) is 6.92 Å². The molecule has 0 unspecified atom stereocenters. The summed E-state index contributed by atoms with van der Waals surface area (Å²) in [5.74, 6) is -0.427. The van der Waals surface area contributed by atoms with Crippen molar-refractivity contribution in [1.82, 2.24) is 19.7 Å². The van der Waals surface area contributed by atoms with Gasteiger partial charge < -0.3 is 4.90 Å². The van der Waals surface area contributed by atoms with Gasteiger partial charge in [-0.25, -0.2) is 4.68 Å². The first-order valence-corrected chi connectivity index (χ1v) is 6.38. The van der Waals surface area contributed by atoms with Crippen molar-refractivity contribution in [3.05, 3.63) is 64.5 Å². The molecular weight excluding hydrogens is 268 g/mol. The number of hydrogen-bond donors (Lipinski definition) is 0. The third kappa shape index (κ3) is 3.62. The minimum absolute atomic E-state index is 0.114. The highest BCUT2D eigenvalue weighted by molar-refractivity contribution is 6.02. The fourth-order valence-corrected chi connectivity index (χ4v) is 1.68. The largest absolute Gasteiger partial charge is 0.383 e. The number of aromatic nitrogens is 3. The van der Waals surface area contributed by atoms with E-state index >= 15 is 0 Å². The van der Waals surface area contributed by atoms with E-state index in [-0.39, 0.29) is 5.69 Å². The van der Waals surface area contributed by atoms with Gasteiger partial charge in [-0.2, -0.15) is 5.10 Å². The van der Waals surface area contributed by atoms with Crippen molar-refractivity contribution >= 4 is 5.78 Å². The van der Waals surface area contributed by atoms with E-state index in [9.17, 15) is 9.59 Å². The maximum atomic E-state index is 12.0. The van der Waals surface area contributed by atoms with E-state index in [2.05, 4.69) is 10.1 Å². The molecule has 0 saturated heterocycles. The van der Waals surface area contributed by atoms with Crippen LogP contribution in [0.3, 0.4) is 0 Å². The summed E-state index contributed by atoms with van der Waals surface area (Å²) in [6.07, 6.45) is 7.76. The SMILES string of the molecule is Cc1cncc(-n2ccc(=O)c(C(=O)/C=C/N(C)C)n2)c1. The highest BCUT2D eigenvalue weighted by Crippen LogP contribution is 2.06. The third-order valence-electron chi connectivity index (χ3n) is 2.69. The zero-order chi connectivity index (χ0) is 15.4. The maximum Gasteiger partial charge on any atom is 0.211 e. The Kier molecular flexibility index (Phi) is 4.27. The van der Waals surface area contributed by atoms with Gasteiger partial charge in [-0.3, -0.25) is 14.6 Å². The quantitative estimate of drug-likeness (QED) is 0.623. The molecule has 6 nitrogen and oxygen atoms in total. The summed E-state index contributed by atoms with van der Waals surface area (Å²) in [7, 11) is 3.58. The lowest BCUT2D eigenvalue weighted by Gasteiger charge is -2.07. The topological polar surface area (TPSA) is 68.1 Å².